The monoisotopic (exact) mass is 194 g/mol. The molecule has 0 radical (unpaired) electrons. The summed E-state index contributed by atoms with van der Waals surface area (Å²) in [7, 11) is 1.67. The lowest BCUT2D eigenvalue weighted by Crippen LogP contribution is -2.08. The molecule has 78 valence electrons. The minimum atomic E-state index is -0.234. The van der Waals surface area contributed by atoms with Crippen molar-refractivity contribution in [3.63, 3.8) is 0 Å². The minimum Gasteiger partial charge on any atom is -0.496 e. The van der Waals surface area contributed by atoms with Crippen molar-refractivity contribution in [3.05, 3.63) is 29.3 Å². The van der Waals surface area contributed by atoms with E-state index in [9.17, 15) is 5.11 Å². The van der Waals surface area contributed by atoms with E-state index in [-0.39, 0.29) is 6.10 Å². The van der Waals surface area contributed by atoms with E-state index in [0.29, 0.717) is 0 Å². The molecule has 0 saturated carbocycles. The van der Waals surface area contributed by atoms with Crippen molar-refractivity contribution in [2.24, 2.45) is 0 Å². The predicted molar refractivity (Wildman–Crippen MR) is 57.7 cm³/mol. The number of hydrogen-bond donors (Lipinski definition) is 1. The minimum absolute atomic E-state index is 0.234. The largest absolute Gasteiger partial charge is 0.496 e. The molecule has 1 rings (SSSR count). The van der Waals surface area contributed by atoms with Gasteiger partial charge in [-0.3, -0.25) is 0 Å². The quantitative estimate of drug-likeness (QED) is 0.797. The maximum atomic E-state index is 9.50. The van der Waals surface area contributed by atoms with Gasteiger partial charge in [0.25, 0.3) is 0 Å². The van der Waals surface area contributed by atoms with E-state index < -0.39 is 0 Å². The standard InChI is InChI=1S/C12H18O2/c1-4-11(13)8-10-5-6-12(14-3)9(2)7-10/h5-7,11,13H,4,8H2,1-3H3/t11-/m0/s1. The van der Waals surface area contributed by atoms with Crippen LogP contribution in [0.4, 0.5) is 0 Å². The van der Waals surface area contributed by atoms with Crippen LogP contribution in [0, 0.1) is 6.92 Å². The molecule has 1 atom stereocenters. The maximum Gasteiger partial charge on any atom is 0.121 e. The third-order valence-electron chi connectivity index (χ3n) is 2.40. The van der Waals surface area contributed by atoms with Crippen molar-refractivity contribution in [3.8, 4) is 5.75 Å². The number of ether oxygens (including phenoxy) is 1. The third kappa shape index (κ3) is 2.74. The van der Waals surface area contributed by atoms with Gasteiger partial charge < -0.3 is 9.84 Å². The van der Waals surface area contributed by atoms with E-state index in [2.05, 4.69) is 6.07 Å². The number of aliphatic hydroxyl groups is 1. The summed E-state index contributed by atoms with van der Waals surface area (Å²) in [4.78, 5) is 0. The van der Waals surface area contributed by atoms with Crippen molar-refractivity contribution in [1.29, 1.82) is 0 Å². The molecule has 0 bridgehead atoms. The highest BCUT2D eigenvalue weighted by atomic mass is 16.5. The Hall–Kier alpha value is -1.02. The van der Waals surface area contributed by atoms with Gasteiger partial charge in [0.15, 0.2) is 0 Å². The molecule has 1 aromatic carbocycles. The Kier molecular flexibility index (Phi) is 3.96. The summed E-state index contributed by atoms with van der Waals surface area (Å²) in [5.41, 5.74) is 2.28. The summed E-state index contributed by atoms with van der Waals surface area (Å²) in [6, 6.07) is 6.02. The number of aliphatic hydroxyl groups excluding tert-OH is 1. The molecule has 0 heterocycles. The number of rotatable bonds is 4. The highest BCUT2D eigenvalue weighted by Crippen LogP contribution is 2.19. The molecule has 0 amide bonds. The van der Waals surface area contributed by atoms with Crippen molar-refractivity contribution >= 4 is 0 Å². The number of methoxy groups -OCH3 is 1. The van der Waals surface area contributed by atoms with Gasteiger partial charge in [0, 0.05) is 0 Å². The first-order valence-corrected chi connectivity index (χ1v) is 4.99. The van der Waals surface area contributed by atoms with Gasteiger partial charge in [-0.2, -0.15) is 0 Å². The Morgan fingerprint density at radius 3 is 2.64 bits per heavy atom. The van der Waals surface area contributed by atoms with Gasteiger partial charge in [-0.1, -0.05) is 19.1 Å². The van der Waals surface area contributed by atoms with Gasteiger partial charge >= 0.3 is 0 Å². The van der Waals surface area contributed by atoms with Crippen LogP contribution in [0.5, 0.6) is 5.75 Å². The molecule has 0 fully saturated rings. The van der Waals surface area contributed by atoms with Crippen LogP contribution in [0.3, 0.4) is 0 Å². The summed E-state index contributed by atoms with van der Waals surface area (Å²) in [5.74, 6) is 0.903. The molecule has 0 unspecified atom stereocenters. The van der Waals surface area contributed by atoms with Crippen LogP contribution in [-0.4, -0.2) is 18.3 Å². The first-order chi connectivity index (χ1) is 6.67. The average Bonchev–Trinajstić information content (AvgIpc) is 2.18. The van der Waals surface area contributed by atoms with Gasteiger partial charge in [0.2, 0.25) is 0 Å². The molecule has 0 saturated heterocycles. The van der Waals surface area contributed by atoms with Crippen LogP contribution in [0.25, 0.3) is 0 Å². The Labute approximate surface area is 85.5 Å². The zero-order chi connectivity index (χ0) is 10.6. The SMILES string of the molecule is CC[C@H](O)Cc1ccc(OC)c(C)c1. The Balaban J connectivity index is 2.76. The second-order valence-corrected chi connectivity index (χ2v) is 3.57. The van der Waals surface area contributed by atoms with Crippen LogP contribution < -0.4 is 4.74 Å². The molecular formula is C12H18O2. The van der Waals surface area contributed by atoms with E-state index in [4.69, 9.17) is 4.74 Å². The molecule has 1 aromatic rings. The number of aryl methyl sites for hydroxylation is 1. The molecule has 0 spiro atoms. The lowest BCUT2D eigenvalue weighted by atomic mass is 10.0. The second kappa shape index (κ2) is 5.01. The molecule has 14 heavy (non-hydrogen) atoms. The van der Waals surface area contributed by atoms with Crippen LogP contribution in [-0.2, 0) is 6.42 Å². The average molecular weight is 194 g/mol. The summed E-state index contributed by atoms with van der Waals surface area (Å²) in [6.07, 6.45) is 1.29. The molecule has 1 N–H and O–H groups in total. The fourth-order valence-corrected chi connectivity index (χ4v) is 1.48. The van der Waals surface area contributed by atoms with E-state index in [1.807, 2.05) is 26.0 Å². The third-order valence-corrected chi connectivity index (χ3v) is 2.40. The van der Waals surface area contributed by atoms with E-state index in [1.165, 1.54) is 0 Å². The molecule has 0 aliphatic carbocycles. The topological polar surface area (TPSA) is 29.5 Å². The zero-order valence-corrected chi connectivity index (χ0v) is 9.08. The van der Waals surface area contributed by atoms with Crippen LogP contribution in [0.2, 0.25) is 0 Å². The van der Waals surface area contributed by atoms with Crippen molar-refractivity contribution in [1.82, 2.24) is 0 Å². The molecular weight excluding hydrogens is 176 g/mol. The normalized spacial score (nSPS) is 12.6. The van der Waals surface area contributed by atoms with Gasteiger partial charge in [-0.25, -0.2) is 0 Å². The first-order valence-electron chi connectivity index (χ1n) is 4.99. The van der Waals surface area contributed by atoms with Crippen LogP contribution in [0.1, 0.15) is 24.5 Å². The zero-order valence-electron chi connectivity index (χ0n) is 9.08. The molecule has 2 heteroatoms. The molecule has 0 aliphatic rings. The van der Waals surface area contributed by atoms with Gasteiger partial charge in [-0.05, 0) is 37.0 Å². The highest BCUT2D eigenvalue weighted by molar-refractivity contribution is 5.36. The number of hydrogen-bond acceptors (Lipinski definition) is 2. The van der Waals surface area contributed by atoms with Gasteiger partial charge in [-0.15, -0.1) is 0 Å². The molecule has 0 aromatic heterocycles. The Bertz CT molecular complexity index is 294. The molecule has 0 aliphatic heterocycles. The Morgan fingerprint density at radius 2 is 2.14 bits per heavy atom. The fraction of sp³-hybridized carbons (Fsp3) is 0.500. The van der Waals surface area contributed by atoms with E-state index in [1.54, 1.807) is 7.11 Å². The summed E-state index contributed by atoms with van der Waals surface area (Å²) in [6.45, 7) is 4.00. The van der Waals surface area contributed by atoms with Crippen LogP contribution >= 0.6 is 0 Å². The van der Waals surface area contributed by atoms with Crippen LogP contribution in [0.15, 0.2) is 18.2 Å². The van der Waals surface area contributed by atoms with Crippen molar-refractivity contribution in [2.45, 2.75) is 32.8 Å². The summed E-state index contributed by atoms with van der Waals surface area (Å²) >= 11 is 0. The second-order valence-electron chi connectivity index (χ2n) is 3.57. The summed E-state index contributed by atoms with van der Waals surface area (Å²) < 4.78 is 5.17. The molecule has 2 nitrogen and oxygen atoms in total. The lowest BCUT2D eigenvalue weighted by Gasteiger charge is -2.10. The van der Waals surface area contributed by atoms with Gasteiger partial charge in [0.05, 0.1) is 13.2 Å². The fourth-order valence-electron chi connectivity index (χ4n) is 1.48. The smallest absolute Gasteiger partial charge is 0.121 e. The summed E-state index contributed by atoms with van der Waals surface area (Å²) in [5, 5.41) is 9.50. The van der Waals surface area contributed by atoms with Gasteiger partial charge in [0.1, 0.15) is 5.75 Å². The van der Waals surface area contributed by atoms with Crippen molar-refractivity contribution in [2.75, 3.05) is 7.11 Å². The van der Waals surface area contributed by atoms with E-state index in [0.717, 1.165) is 29.7 Å². The first kappa shape index (κ1) is 11.1. The lowest BCUT2D eigenvalue weighted by molar-refractivity contribution is 0.171. The number of benzene rings is 1. The highest BCUT2D eigenvalue weighted by Gasteiger charge is 2.04. The predicted octanol–water partition coefficient (Wildman–Crippen LogP) is 2.32. The maximum absolute atomic E-state index is 9.50. The van der Waals surface area contributed by atoms with Crippen molar-refractivity contribution < 1.29 is 9.84 Å². The Morgan fingerprint density at radius 1 is 1.43 bits per heavy atom. The van der Waals surface area contributed by atoms with E-state index >= 15 is 0 Å².